The first-order valence-corrected chi connectivity index (χ1v) is 7.70. The highest BCUT2D eigenvalue weighted by Gasteiger charge is 2.16. The molecule has 0 bridgehead atoms. The Balaban J connectivity index is 2.11. The molecule has 98 valence electrons. The average Bonchev–Trinajstić information content (AvgIpc) is 3.07. The van der Waals surface area contributed by atoms with Crippen molar-refractivity contribution in [3.8, 4) is 21.0 Å². The third kappa shape index (κ3) is 2.47. The van der Waals surface area contributed by atoms with Gasteiger partial charge in [-0.1, -0.05) is 6.07 Å². The minimum absolute atomic E-state index is 0.629. The van der Waals surface area contributed by atoms with Crippen molar-refractivity contribution < 1.29 is 0 Å². The van der Waals surface area contributed by atoms with Crippen molar-refractivity contribution in [1.29, 1.82) is 0 Å². The second-order valence-corrected chi connectivity index (χ2v) is 6.24. The van der Waals surface area contributed by atoms with E-state index in [1.807, 2.05) is 19.4 Å². The van der Waals surface area contributed by atoms with Crippen LogP contribution in [0.1, 0.15) is 5.01 Å². The van der Waals surface area contributed by atoms with E-state index in [0.29, 0.717) is 6.54 Å². The second-order valence-electron chi connectivity index (χ2n) is 4.20. The summed E-state index contributed by atoms with van der Waals surface area (Å²) >= 11 is 3.46. The van der Waals surface area contributed by atoms with Gasteiger partial charge in [0.05, 0.1) is 21.8 Å². The Hall–Kier alpha value is -1.50. The summed E-state index contributed by atoms with van der Waals surface area (Å²) in [4.78, 5) is 7.20. The second kappa shape index (κ2) is 5.24. The number of thiazole rings is 1. The van der Waals surface area contributed by atoms with Gasteiger partial charge in [0, 0.05) is 30.1 Å². The molecular formula is C13H14N4S2. The quantitative estimate of drug-likeness (QED) is 0.804. The number of nitrogens with zero attached hydrogens (tertiary/aromatic N) is 3. The zero-order valence-corrected chi connectivity index (χ0v) is 12.2. The highest BCUT2D eigenvalue weighted by Crippen LogP contribution is 2.38. The number of hydrogen-bond donors (Lipinski definition) is 1. The zero-order chi connectivity index (χ0) is 13.2. The lowest BCUT2D eigenvalue weighted by atomic mass is 10.2. The van der Waals surface area contributed by atoms with Crippen molar-refractivity contribution in [2.24, 2.45) is 12.8 Å². The Kier molecular flexibility index (Phi) is 3.46. The van der Waals surface area contributed by atoms with Crippen LogP contribution < -0.4 is 5.73 Å². The van der Waals surface area contributed by atoms with Crippen LogP contribution in [0.5, 0.6) is 0 Å². The van der Waals surface area contributed by atoms with Gasteiger partial charge in [-0.25, -0.2) is 4.98 Å². The molecule has 3 aromatic heterocycles. The van der Waals surface area contributed by atoms with Crippen LogP contribution >= 0.6 is 22.7 Å². The third-order valence-electron chi connectivity index (χ3n) is 2.75. The van der Waals surface area contributed by atoms with E-state index in [9.17, 15) is 0 Å². The summed E-state index contributed by atoms with van der Waals surface area (Å²) in [6, 6.07) is 4.19. The van der Waals surface area contributed by atoms with Crippen molar-refractivity contribution in [3.63, 3.8) is 0 Å². The topological polar surface area (TPSA) is 56.7 Å². The van der Waals surface area contributed by atoms with E-state index in [-0.39, 0.29) is 0 Å². The van der Waals surface area contributed by atoms with Gasteiger partial charge in [-0.05, 0) is 18.0 Å². The molecule has 0 spiro atoms. The predicted molar refractivity (Wildman–Crippen MR) is 80.4 cm³/mol. The molecule has 0 radical (unpaired) electrons. The van der Waals surface area contributed by atoms with E-state index in [1.54, 1.807) is 27.4 Å². The van der Waals surface area contributed by atoms with Gasteiger partial charge >= 0.3 is 0 Å². The van der Waals surface area contributed by atoms with Crippen LogP contribution in [-0.4, -0.2) is 21.3 Å². The Labute approximate surface area is 119 Å². The Morgan fingerprint density at radius 2 is 2.32 bits per heavy atom. The van der Waals surface area contributed by atoms with Crippen molar-refractivity contribution >= 4 is 22.7 Å². The summed E-state index contributed by atoms with van der Waals surface area (Å²) in [6.45, 7) is 0.629. The first kappa shape index (κ1) is 12.5. The molecule has 0 aromatic carbocycles. The zero-order valence-electron chi connectivity index (χ0n) is 10.5. The number of aryl methyl sites for hydroxylation is 1. The normalized spacial score (nSPS) is 11.1. The smallest absolute Gasteiger partial charge is 0.0952 e. The summed E-state index contributed by atoms with van der Waals surface area (Å²) in [7, 11) is 1.92. The molecular weight excluding hydrogens is 276 g/mol. The SMILES string of the molecule is Cn1cc(-c2nc(CCN)sc2-c2cccs2)cn1. The molecule has 0 saturated carbocycles. The molecule has 0 aliphatic heterocycles. The van der Waals surface area contributed by atoms with Crippen LogP contribution in [0.15, 0.2) is 29.9 Å². The van der Waals surface area contributed by atoms with Crippen LogP contribution in [0.25, 0.3) is 21.0 Å². The first-order valence-electron chi connectivity index (χ1n) is 6.00. The van der Waals surface area contributed by atoms with Crippen LogP contribution in [0.3, 0.4) is 0 Å². The van der Waals surface area contributed by atoms with Crippen molar-refractivity contribution in [3.05, 3.63) is 34.9 Å². The predicted octanol–water partition coefficient (Wildman–Crippen LogP) is 2.77. The number of nitrogens with two attached hydrogens (primary N) is 1. The highest BCUT2D eigenvalue weighted by atomic mass is 32.1. The molecule has 3 heterocycles. The molecule has 0 fully saturated rings. The summed E-state index contributed by atoms with van der Waals surface area (Å²) in [5, 5.41) is 7.41. The molecule has 0 saturated heterocycles. The average molecular weight is 290 g/mol. The summed E-state index contributed by atoms with van der Waals surface area (Å²) in [6.07, 6.45) is 4.68. The molecule has 2 N–H and O–H groups in total. The summed E-state index contributed by atoms with van der Waals surface area (Å²) < 4.78 is 1.80. The molecule has 0 unspecified atom stereocenters. The standard InChI is InChI=1S/C13H14N4S2/c1-17-8-9(7-15-17)12-13(10-3-2-6-18-10)19-11(16-12)4-5-14/h2-3,6-8H,4-5,14H2,1H3. The minimum atomic E-state index is 0.629. The molecule has 3 rings (SSSR count). The molecule has 3 aromatic rings. The van der Waals surface area contributed by atoms with Gasteiger partial charge in [0.25, 0.3) is 0 Å². The van der Waals surface area contributed by atoms with Gasteiger partial charge in [0.1, 0.15) is 0 Å². The maximum Gasteiger partial charge on any atom is 0.0952 e. The van der Waals surface area contributed by atoms with Gasteiger partial charge in [0.2, 0.25) is 0 Å². The molecule has 4 nitrogen and oxygen atoms in total. The Morgan fingerprint density at radius 3 is 2.95 bits per heavy atom. The monoisotopic (exact) mass is 290 g/mol. The van der Waals surface area contributed by atoms with E-state index in [2.05, 4.69) is 22.6 Å². The van der Waals surface area contributed by atoms with Gasteiger partial charge in [-0.15, -0.1) is 22.7 Å². The van der Waals surface area contributed by atoms with Crippen LogP contribution in [0, 0.1) is 0 Å². The summed E-state index contributed by atoms with van der Waals surface area (Å²) in [5.74, 6) is 0. The Morgan fingerprint density at radius 1 is 1.42 bits per heavy atom. The van der Waals surface area contributed by atoms with Crippen molar-refractivity contribution in [2.75, 3.05) is 6.54 Å². The molecule has 0 aliphatic carbocycles. The van der Waals surface area contributed by atoms with Gasteiger partial charge < -0.3 is 5.73 Å². The lowest BCUT2D eigenvalue weighted by molar-refractivity contribution is 0.768. The number of rotatable bonds is 4. The molecule has 0 atom stereocenters. The third-order valence-corrected chi connectivity index (χ3v) is 4.92. The largest absolute Gasteiger partial charge is 0.330 e. The van der Waals surface area contributed by atoms with Crippen LogP contribution in [0.4, 0.5) is 0 Å². The fourth-order valence-electron chi connectivity index (χ4n) is 1.91. The first-order chi connectivity index (χ1) is 9.28. The van der Waals surface area contributed by atoms with Gasteiger partial charge in [-0.2, -0.15) is 5.10 Å². The van der Waals surface area contributed by atoms with E-state index in [4.69, 9.17) is 10.7 Å². The fraction of sp³-hybridized carbons (Fsp3) is 0.231. The maximum absolute atomic E-state index is 5.63. The van der Waals surface area contributed by atoms with Crippen molar-refractivity contribution in [2.45, 2.75) is 6.42 Å². The Bertz CT molecular complexity index is 667. The lowest BCUT2D eigenvalue weighted by Crippen LogP contribution is -2.01. The minimum Gasteiger partial charge on any atom is -0.330 e. The number of aromatic nitrogens is 3. The van der Waals surface area contributed by atoms with E-state index in [0.717, 1.165) is 22.7 Å². The lowest BCUT2D eigenvalue weighted by Gasteiger charge is -1.95. The maximum atomic E-state index is 5.63. The van der Waals surface area contributed by atoms with Crippen molar-refractivity contribution in [1.82, 2.24) is 14.8 Å². The number of hydrogen-bond acceptors (Lipinski definition) is 5. The van der Waals surface area contributed by atoms with Crippen LogP contribution in [-0.2, 0) is 13.5 Å². The van der Waals surface area contributed by atoms with Gasteiger partial charge in [0.15, 0.2) is 0 Å². The fourth-order valence-corrected chi connectivity index (χ4v) is 3.86. The van der Waals surface area contributed by atoms with Crippen LogP contribution in [0.2, 0.25) is 0 Å². The molecule has 0 aliphatic rings. The van der Waals surface area contributed by atoms with E-state index >= 15 is 0 Å². The van der Waals surface area contributed by atoms with Gasteiger partial charge in [-0.3, -0.25) is 4.68 Å². The highest BCUT2D eigenvalue weighted by molar-refractivity contribution is 7.21. The number of thiophene rings is 1. The molecule has 0 amide bonds. The van der Waals surface area contributed by atoms with E-state index in [1.165, 1.54) is 9.75 Å². The summed E-state index contributed by atoms with van der Waals surface area (Å²) in [5.41, 5.74) is 7.71. The molecule has 6 heteroatoms. The van der Waals surface area contributed by atoms with E-state index < -0.39 is 0 Å². The molecule has 19 heavy (non-hydrogen) atoms.